The molecule has 1 aliphatic heterocycles. The highest BCUT2D eigenvalue weighted by Gasteiger charge is 2.72. The zero-order chi connectivity index (χ0) is 18.5. The molecule has 1 heterocycles. The van der Waals surface area contributed by atoms with E-state index in [1.54, 1.807) is 18.2 Å². The number of nitrogens with zero attached hydrogens (tertiary/aromatic N) is 1. The van der Waals surface area contributed by atoms with Crippen molar-refractivity contribution in [1.29, 1.82) is 5.26 Å². The predicted molar refractivity (Wildman–Crippen MR) is 92.9 cm³/mol. The number of halogens is 1. The predicted octanol–water partition coefficient (Wildman–Crippen LogP) is 2.51. The normalized spacial score (nSPS) is 26.3. The van der Waals surface area contributed by atoms with Crippen molar-refractivity contribution in [2.45, 2.75) is 16.1 Å². The van der Waals surface area contributed by atoms with Gasteiger partial charge in [0.15, 0.2) is 21.3 Å². The van der Waals surface area contributed by atoms with Gasteiger partial charge in [0.2, 0.25) is 6.79 Å². The molecule has 1 saturated carbocycles. The van der Waals surface area contributed by atoms with Crippen molar-refractivity contribution in [2.24, 2.45) is 5.41 Å². The zero-order valence-corrected chi connectivity index (χ0v) is 15.0. The summed E-state index contributed by atoms with van der Waals surface area (Å²) < 4.78 is 36.8. The number of aliphatic hydroxyl groups is 1. The number of rotatable bonds is 4. The van der Waals surface area contributed by atoms with Crippen molar-refractivity contribution in [3.8, 4) is 17.6 Å². The van der Waals surface area contributed by atoms with E-state index in [1.165, 1.54) is 24.3 Å². The van der Waals surface area contributed by atoms with Gasteiger partial charge in [-0.05, 0) is 42.0 Å². The molecule has 0 spiro atoms. The van der Waals surface area contributed by atoms with Gasteiger partial charge in [-0.3, -0.25) is 0 Å². The van der Waals surface area contributed by atoms with E-state index in [9.17, 15) is 18.8 Å². The van der Waals surface area contributed by atoms with Gasteiger partial charge in [-0.25, -0.2) is 8.42 Å². The van der Waals surface area contributed by atoms with E-state index in [4.69, 9.17) is 21.1 Å². The molecule has 0 aromatic heterocycles. The van der Waals surface area contributed by atoms with Crippen LogP contribution in [-0.4, -0.2) is 32.2 Å². The van der Waals surface area contributed by atoms with Gasteiger partial charge in [-0.1, -0.05) is 17.7 Å². The summed E-state index contributed by atoms with van der Waals surface area (Å²) in [5.41, 5.74) is -0.779. The number of sulfone groups is 1. The van der Waals surface area contributed by atoms with Gasteiger partial charge >= 0.3 is 0 Å². The number of ether oxygens (including phenoxy) is 2. The SMILES string of the molecule is N#C[C@@]1(CO)[C@@H](c2ccc3c(c2)OCO3)[C@@H]1S(=O)(=O)c1ccc(Cl)cc1. The third-order valence-electron chi connectivity index (χ3n) is 4.96. The van der Waals surface area contributed by atoms with Crippen LogP contribution in [-0.2, 0) is 9.84 Å². The second-order valence-electron chi connectivity index (χ2n) is 6.32. The molecule has 0 unspecified atom stereocenters. The molecule has 1 aliphatic carbocycles. The molecule has 2 aromatic carbocycles. The Morgan fingerprint density at radius 3 is 2.54 bits per heavy atom. The maximum Gasteiger partial charge on any atom is 0.231 e. The van der Waals surface area contributed by atoms with Crippen LogP contribution in [0.2, 0.25) is 5.02 Å². The fourth-order valence-electron chi connectivity index (χ4n) is 3.57. The third-order valence-corrected chi connectivity index (χ3v) is 7.50. The topological polar surface area (TPSA) is 96.6 Å². The molecular weight excluding hydrogens is 378 g/mol. The average molecular weight is 392 g/mol. The first kappa shape index (κ1) is 17.2. The van der Waals surface area contributed by atoms with Crippen LogP contribution in [0.4, 0.5) is 0 Å². The fraction of sp³-hybridized carbons (Fsp3) is 0.278. The molecule has 1 N–H and O–H groups in total. The molecule has 0 amide bonds. The van der Waals surface area contributed by atoms with E-state index in [1.807, 2.05) is 6.07 Å². The van der Waals surface area contributed by atoms with Crippen LogP contribution < -0.4 is 9.47 Å². The lowest BCUT2D eigenvalue weighted by Crippen LogP contribution is -2.18. The van der Waals surface area contributed by atoms with Crippen molar-refractivity contribution < 1.29 is 23.0 Å². The van der Waals surface area contributed by atoms with Gasteiger partial charge in [-0.2, -0.15) is 5.26 Å². The Labute approximate surface area is 155 Å². The average Bonchev–Trinajstić information content (AvgIpc) is 3.12. The standard InChI is InChI=1S/C18H14ClNO5S/c19-12-2-4-13(5-3-12)26(22,23)17-16(18(17,8-20)9-21)11-1-6-14-15(7-11)25-10-24-14/h1-7,16-17,21H,9-10H2/t16-,17-,18+/m0/s1. The lowest BCUT2D eigenvalue weighted by molar-refractivity contribution is 0.174. The minimum atomic E-state index is -3.84. The Hall–Kier alpha value is -2.27. The van der Waals surface area contributed by atoms with E-state index in [0.717, 1.165) is 0 Å². The van der Waals surface area contributed by atoms with Crippen LogP contribution in [0.1, 0.15) is 11.5 Å². The van der Waals surface area contributed by atoms with Gasteiger partial charge < -0.3 is 14.6 Å². The van der Waals surface area contributed by atoms with Crippen molar-refractivity contribution in [2.75, 3.05) is 13.4 Å². The smallest absolute Gasteiger partial charge is 0.231 e. The number of fused-ring (bicyclic) bond motifs is 1. The van der Waals surface area contributed by atoms with Crippen molar-refractivity contribution in [1.82, 2.24) is 0 Å². The van der Waals surface area contributed by atoms with Gasteiger partial charge in [0.05, 0.1) is 22.8 Å². The molecular formula is C18H14ClNO5S. The number of aliphatic hydroxyl groups excluding tert-OH is 1. The maximum atomic E-state index is 13.1. The lowest BCUT2D eigenvalue weighted by atomic mass is 10.0. The van der Waals surface area contributed by atoms with E-state index >= 15 is 0 Å². The number of hydrogen-bond acceptors (Lipinski definition) is 6. The lowest BCUT2D eigenvalue weighted by Gasteiger charge is -2.06. The van der Waals surface area contributed by atoms with Crippen LogP contribution in [0.25, 0.3) is 0 Å². The Morgan fingerprint density at radius 1 is 1.19 bits per heavy atom. The Balaban J connectivity index is 1.77. The minimum Gasteiger partial charge on any atom is -0.454 e. The van der Waals surface area contributed by atoms with E-state index in [-0.39, 0.29) is 11.7 Å². The number of benzene rings is 2. The van der Waals surface area contributed by atoms with Gasteiger partial charge in [0, 0.05) is 10.9 Å². The summed E-state index contributed by atoms with van der Waals surface area (Å²) in [5, 5.41) is 18.9. The second kappa shape index (κ2) is 5.88. The molecule has 134 valence electrons. The van der Waals surface area contributed by atoms with E-state index in [0.29, 0.717) is 22.1 Å². The first-order valence-corrected chi connectivity index (χ1v) is 9.77. The second-order valence-corrected chi connectivity index (χ2v) is 8.83. The summed E-state index contributed by atoms with van der Waals surface area (Å²) in [6.07, 6.45) is 0. The quantitative estimate of drug-likeness (QED) is 0.860. The van der Waals surface area contributed by atoms with Gasteiger partial charge in [0.25, 0.3) is 0 Å². The Morgan fingerprint density at radius 2 is 1.88 bits per heavy atom. The van der Waals surface area contributed by atoms with E-state index < -0.39 is 33.0 Å². The van der Waals surface area contributed by atoms with Crippen LogP contribution in [0.5, 0.6) is 11.5 Å². The summed E-state index contributed by atoms with van der Waals surface area (Å²) in [5.74, 6) is 0.410. The summed E-state index contributed by atoms with van der Waals surface area (Å²) in [4.78, 5) is 0.0724. The zero-order valence-electron chi connectivity index (χ0n) is 13.4. The first-order valence-electron chi connectivity index (χ1n) is 7.85. The maximum absolute atomic E-state index is 13.1. The minimum absolute atomic E-state index is 0.0724. The van der Waals surface area contributed by atoms with Crippen LogP contribution in [0, 0.1) is 16.7 Å². The molecule has 6 nitrogen and oxygen atoms in total. The third kappa shape index (κ3) is 2.37. The summed E-state index contributed by atoms with van der Waals surface area (Å²) in [6.45, 7) is -0.459. The van der Waals surface area contributed by atoms with Gasteiger partial charge in [-0.15, -0.1) is 0 Å². The van der Waals surface area contributed by atoms with Crippen LogP contribution >= 0.6 is 11.6 Å². The van der Waals surface area contributed by atoms with E-state index in [2.05, 4.69) is 0 Å². The van der Waals surface area contributed by atoms with Crippen LogP contribution in [0.3, 0.4) is 0 Å². The molecule has 8 heteroatoms. The highest BCUT2D eigenvalue weighted by atomic mass is 35.5. The van der Waals surface area contributed by atoms with Crippen molar-refractivity contribution in [3.05, 3.63) is 53.1 Å². The Bertz CT molecular complexity index is 1010. The molecule has 26 heavy (non-hydrogen) atoms. The van der Waals surface area contributed by atoms with Gasteiger partial charge in [0.1, 0.15) is 5.41 Å². The van der Waals surface area contributed by atoms with Crippen LogP contribution in [0.15, 0.2) is 47.4 Å². The highest BCUT2D eigenvalue weighted by molar-refractivity contribution is 7.92. The molecule has 3 atom stereocenters. The van der Waals surface area contributed by atoms with Crippen molar-refractivity contribution >= 4 is 21.4 Å². The molecule has 0 radical (unpaired) electrons. The number of hydrogen-bond donors (Lipinski definition) is 1. The summed E-state index contributed by atoms with van der Waals surface area (Å²) >= 11 is 5.83. The molecule has 2 aromatic rings. The molecule has 0 bridgehead atoms. The fourth-order valence-corrected chi connectivity index (χ4v) is 6.01. The largest absolute Gasteiger partial charge is 0.454 e. The van der Waals surface area contributed by atoms with Crippen molar-refractivity contribution in [3.63, 3.8) is 0 Å². The molecule has 2 aliphatic rings. The monoisotopic (exact) mass is 391 g/mol. The highest BCUT2D eigenvalue weighted by Crippen LogP contribution is 2.64. The Kier molecular flexibility index (Phi) is 3.88. The molecule has 0 saturated heterocycles. The molecule has 4 rings (SSSR count). The first-order chi connectivity index (χ1) is 12.4. The summed E-state index contributed by atoms with van der Waals surface area (Å²) in [6, 6.07) is 12.9. The molecule has 1 fully saturated rings. The summed E-state index contributed by atoms with van der Waals surface area (Å²) in [7, 11) is -3.84. The number of nitriles is 1.